The summed E-state index contributed by atoms with van der Waals surface area (Å²) in [6, 6.07) is 7.15. The van der Waals surface area contributed by atoms with Crippen LogP contribution in [-0.4, -0.2) is 22.8 Å². The first-order valence-corrected chi connectivity index (χ1v) is 5.78. The predicted octanol–water partition coefficient (Wildman–Crippen LogP) is 2.05. The van der Waals surface area contributed by atoms with Gasteiger partial charge in [-0.25, -0.2) is 9.97 Å². The Bertz CT molecular complexity index is 612. The number of nitrogens with zero attached hydrogens (tertiary/aromatic N) is 2. The summed E-state index contributed by atoms with van der Waals surface area (Å²) in [6.07, 6.45) is 1.42. The zero-order valence-corrected chi connectivity index (χ0v) is 10.8. The Labute approximate surface area is 111 Å². The first kappa shape index (κ1) is 12.8. The molecule has 0 aliphatic rings. The van der Waals surface area contributed by atoms with Crippen LogP contribution in [0.15, 0.2) is 30.6 Å². The minimum Gasteiger partial charge on any atom is -0.393 e. The summed E-state index contributed by atoms with van der Waals surface area (Å²) in [5, 5.41) is 5.95. The summed E-state index contributed by atoms with van der Waals surface area (Å²) in [7, 11) is 1.73. The molecule has 0 radical (unpaired) electrons. The third kappa shape index (κ3) is 2.79. The number of nitrogens with one attached hydrogen (secondary N) is 2. The summed E-state index contributed by atoms with van der Waals surface area (Å²) in [5.41, 5.74) is 7.73. The molecule has 0 bridgehead atoms. The summed E-state index contributed by atoms with van der Waals surface area (Å²) in [4.78, 5) is 19.4. The second-order valence-corrected chi connectivity index (χ2v) is 4.00. The number of hydrogen-bond acceptors (Lipinski definition) is 6. The number of Topliss-reactive ketones (excluding diaryl/α,β-unsaturated/α-hetero) is 1. The van der Waals surface area contributed by atoms with E-state index >= 15 is 0 Å². The Morgan fingerprint density at radius 1 is 1.26 bits per heavy atom. The van der Waals surface area contributed by atoms with Crippen LogP contribution in [0.5, 0.6) is 0 Å². The lowest BCUT2D eigenvalue weighted by Gasteiger charge is -2.11. The van der Waals surface area contributed by atoms with Crippen LogP contribution in [0, 0.1) is 0 Å². The molecule has 0 saturated carbocycles. The fraction of sp³-hybridized carbons (Fsp3) is 0.154. The monoisotopic (exact) mass is 257 g/mol. The van der Waals surface area contributed by atoms with E-state index in [0.29, 0.717) is 22.9 Å². The van der Waals surface area contributed by atoms with Gasteiger partial charge in [-0.3, -0.25) is 4.79 Å². The van der Waals surface area contributed by atoms with Gasteiger partial charge in [-0.15, -0.1) is 0 Å². The van der Waals surface area contributed by atoms with Crippen molar-refractivity contribution in [3.8, 4) is 0 Å². The van der Waals surface area contributed by atoms with Crippen LogP contribution in [0.25, 0.3) is 0 Å². The zero-order valence-electron chi connectivity index (χ0n) is 10.8. The number of carbonyl (C=O) groups excluding carboxylic acids is 1. The highest BCUT2D eigenvalue weighted by atomic mass is 16.1. The standard InChI is InChI=1S/C13H15N5O/c1-8(19)9-4-3-5-10(6-9)18-13-11(14)12(15-2)16-7-17-13/h3-7H,14H2,1-2H3,(H2,15,16,17,18). The molecule has 0 atom stereocenters. The van der Waals surface area contributed by atoms with Crippen LogP contribution in [0.1, 0.15) is 17.3 Å². The average Bonchev–Trinajstić information content (AvgIpc) is 2.41. The maximum atomic E-state index is 11.3. The van der Waals surface area contributed by atoms with E-state index in [0.717, 1.165) is 5.69 Å². The molecule has 1 aromatic carbocycles. The molecule has 98 valence electrons. The van der Waals surface area contributed by atoms with E-state index in [-0.39, 0.29) is 5.78 Å². The lowest BCUT2D eigenvalue weighted by molar-refractivity contribution is 0.101. The van der Waals surface area contributed by atoms with Gasteiger partial charge >= 0.3 is 0 Å². The normalized spacial score (nSPS) is 10.0. The molecule has 0 fully saturated rings. The first-order chi connectivity index (χ1) is 9.11. The van der Waals surface area contributed by atoms with Gasteiger partial charge in [0, 0.05) is 18.3 Å². The summed E-state index contributed by atoms with van der Waals surface area (Å²) >= 11 is 0. The maximum absolute atomic E-state index is 11.3. The number of ketones is 1. The zero-order chi connectivity index (χ0) is 13.8. The van der Waals surface area contributed by atoms with Crippen LogP contribution in [0.2, 0.25) is 0 Å². The first-order valence-electron chi connectivity index (χ1n) is 5.78. The second-order valence-electron chi connectivity index (χ2n) is 4.00. The molecule has 2 aromatic rings. The largest absolute Gasteiger partial charge is 0.393 e. The summed E-state index contributed by atoms with van der Waals surface area (Å²) in [6.45, 7) is 1.53. The number of hydrogen-bond donors (Lipinski definition) is 3. The molecule has 2 rings (SSSR count). The smallest absolute Gasteiger partial charge is 0.159 e. The van der Waals surface area contributed by atoms with Gasteiger partial charge in [-0.2, -0.15) is 0 Å². The lowest BCUT2D eigenvalue weighted by atomic mass is 10.1. The molecule has 0 spiro atoms. The molecule has 6 nitrogen and oxygen atoms in total. The van der Waals surface area contributed by atoms with Gasteiger partial charge in [0.2, 0.25) is 0 Å². The number of nitrogen functional groups attached to an aromatic ring is 1. The molecule has 1 aromatic heterocycles. The number of rotatable bonds is 4. The number of benzene rings is 1. The third-order valence-electron chi connectivity index (χ3n) is 2.65. The minimum atomic E-state index is 0.00947. The molecule has 0 amide bonds. The van der Waals surface area contributed by atoms with E-state index in [2.05, 4.69) is 20.6 Å². The van der Waals surface area contributed by atoms with Crippen molar-refractivity contribution in [2.24, 2.45) is 0 Å². The predicted molar refractivity (Wildman–Crippen MR) is 75.7 cm³/mol. The minimum absolute atomic E-state index is 0.00947. The van der Waals surface area contributed by atoms with Gasteiger partial charge in [0.25, 0.3) is 0 Å². The fourth-order valence-corrected chi connectivity index (χ4v) is 1.65. The highest BCUT2D eigenvalue weighted by Crippen LogP contribution is 2.25. The molecule has 0 aliphatic heterocycles. The van der Waals surface area contributed by atoms with Crippen LogP contribution >= 0.6 is 0 Å². The van der Waals surface area contributed by atoms with Gasteiger partial charge < -0.3 is 16.4 Å². The van der Waals surface area contributed by atoms with Crippen molar-refractivity contribution in [2.75, 3.05) is 23.4 Å². The Hall–Kier alpha value is -2.63. The third-order valence-corrected chi connectivity index (χ3v) is 2.65. The van der Waals surface area contributed by atoms with E-state index in [1.807, 2.05) is 6.07 Å². The summed E-state index contributed by atoms with van der Waals surface area (Å²) < 4.78 is 0. The van der Waals surface area contributed by atoms with Crippen molar-refractivity contribution in [1.82, 2.24) is 9.97 Å². The van der Waals surface area contributed by atoms with Crippen LogP contribution in [0.4, 0.5) is 23.0 Å². The van der Waals surface area contributed by atoms with Crippen molar-refractivity contribution < 1.29 is 4.79 Å². The van der Waals surface area contributed by atoms with Crippen LogP contribution in [0.3, 0.4) is 0 Å². The number of anilines is 4. The van der Waals surface area contributed by atoms with E-state index in [1.165, 1.54) is 13.3 Å². The Morgan fingerprint density at radius 3 is 2.68 bits per heavy atom. The highest BCUT2D eigenvalue weighted by Gasteiger charge is 2.07. The number of nitrogens with two attached hydrogens (primary N) is 1. The Kier molecular flexibility index (Phi) is 3.61. The van der Waals surface area contributed by atoms with Gasteiger partial charge in [0.15, 0.2) is 17.4 Å². The van der Waals surface area contributed by atoms with Crippen molar-refractivity contribution >= 4 is 28.8 Å². The van der Waals surface area contributed by atoms with Crippen molar-refractivity contribution in [3.63, 3.8) is 0 Å². The van der Waals surface area contributed by atoms with Crippen molar-refractivity contribution in [2.45, 2.75) is 6.92 Å². The lowest BCUT2D eigenvalue weighted by Crippen LogP contribution is -2.05. The van der Waals surface area contributed by atoms with Crippen molar-refractivity contribution in [1.29, 1.82) is 0 Å². The Balaban J connectivity index is 2.31. The molecule has 19 heavy (non-hydrogen) atoms. The van der Waals surface area contributed by atoms with E-state index in [1.54, 1.807) is 25.2 Å². The molecule has 6 heteroatoms. The van der Waals surface area contributed by atoms with Crippen LogP contribution in [-0.2, 0) is 0 Å². The van der Waals surface area contributed by atoms with Gasteiger partial charge in [-0.1, -0.05) is 12.1 Å². The van der Waals surface area contributed by atoms with Crippen molar-refractivity contribution in [3.05, 3.63) is 36.2 Å². The van der Waals surface area contributed by atoms with E-state index in [9.17, 15) is 4.79 Å². The second kappa shape index (κ2) is 5.34. The SMILES string of the molecule is CNc1ncnc(Nc2cccc(C(C)=O)c2)c1N. The molecule has 1 heterocycles. The Morgan fingerprint density at radius 2 is 2.00 bits per heavy atom. The van der Waals surface area contributed by atoms with E-state index < -0.39 is 0 Å². The highest BCUT2D eigenvalue weighted by molar-refractivity contribution is 5.95. The summed E-state index contributed by atoms with van der Waals surface area (Å²) in [5.74, 6) is 1.07. The quantitative estimate of drug-likeness (QED) is 0.726. The molecule has 0 unspecified atom stereocenters. The fourth-order valence-electron chi connectivity index (χ4n) is 1.65. The van der Waals surface area contributed by atoms with Gasteiger partial charge in [0.05, 0.1) is 0 Å². The van der Waals surface area contributed by atoms with Gasteiger partial charge in [0.1, 0.15) is 12.0 Å². The van der Waals surface area contributed by atoms with Crippen LogP contribution < -0.4 is 16.4 Å². The average molecular weight is 257 g/mol. The molecule has 4 N–H and O–H groups in total. The van der Waals surface area contributed by atoms with Gasteiger partial charge in [-0.05, 0) is 19.1 Å². The van der Waals surface area contributed by atoms with E-state index in [4.69, 9.17) is 5.73 Å². The molecular weight excluding hydrogens is 242 g/mol. The number of carbonyl (C=O) groups is 1. The molecular formula is C13H15N5O. The maximum Gasteiger partial charge on any atom is 0.159 e. The molecule has 0 saturated heterocycles. The number of aromatic nitrogens is 2. The topological polar surface area (TPSA) is 92.9 Å². The molecule has 0 aliphatic carbocycles.